The standard InChI is InChI=1S/C10H13FO3.Cl2HO2P/c11-9-3-1-8(2-4-9)10(13)7-14-6-5-12;1-5(2,3)4/h1-4,10,12-13H,5-7H2;(H,3,4). The Hall–Kier alpha value is -0.200. The average Bonchev–Trinajstić information content (AvgIpc) is 2.28. The van der Waals surface area contributed by atoms with Gasteiger partial charge in [0.2, 0.25) is 0 Å². The molecule has 0 spiro atoms. The van der Waals surface area contributed by atoms with Crippen LogP contribution in [0.25, 0.3) is 0 Å². The summed E-state index contributed by atoms with van der Waals surface area (Å²) in [6.45, 7) is 0.223. The van der Waals surface area contributed by atoms with Crippen molar-refractivity contribution in [1.82, 2.24) is 0 Å². The number of rotatable bonds is 5. The molecule has 0 saturated carbocycles. The van der Waals surface area contributed by atoms with Gasteiger partial charge in [0.15, 0.2) is 0 Å². The van der Waals surface area contributed by atoms with Crippen molar-refractivity contribution in [1.29, 1.82) is 0 Å². The van der Waals surface area contributed by atoms with Crippen LogP contribution in [-0.2, 0) is 9.30 Å². The van der Waals surface area contributed by atoms with Crippen molar-refractivity contribution < 1.29 is 28.8 Å². The highest BCUT2D eigenvalue weighted by Crippen LogP contribution is 2.51. The fraction of sp³-hybridized carbons (Fsp3) is 0.400. The molecular formula is C10H14Cl2FO5P. The topological polar surface area (TPSA) is 87.0 Å². The number of hydrogen-bond acceptors (Lipinski definition) is 4. The number of ether oxygens (including phenoxy) is 1. The Morgan fingerprint density at radius 2 is 1.79 bits per heavy atom. The minimum atomic E-state index is -3.69. The Bertz CT molecular complexity index is 389. The zero-order chi connectivity index (χ0) is 14.9. The first-order valence-electron chi connectivity index (χ1n) is 5.08. The van der Waals surface area contributed by atoms with Crippen molar-refractivity contribution in [2.24, 2.45) is 0 Å². The maximum absolute atomic E-state index is 12.5. The molecule has 3 N–H and O–H groups in total. The minimum absolute atomic E-state index is 0.0733. The Balaban J connectivity index is 0.000000555. The van der Waals surface area contributed by atoms with E-state index in [-0.39, 0.29) is 25.6 Å². The molecule has 1 aromatic carbocycles. The van der Waals surface area contributed by atoms with Crippen molar-refractivity contribution in [2.45, 2.75) is 6.10 Å². The van der Waals surface area contributed by atoms with Crippen molar-refractivity contribution in [2.75, 3.05) is 19.8 Å². The molecule has 0 aliphatic rings. The molecule has 1 aromatic rings. The number of aliphatic hydroxyl groups is 2. The summed E-state index contributed by atoms with van der Waals surface area (Å²) in [6.07, 6.45) is -4.47. The van der Waals surface area contributed by atoms with Crippen molar-refractivity contribution in [3.8, 4) is 0 Å². The van der Waals surface area contributed by atoms with E-state index < -0.39 is 12.2 Å². The quantitative estimate of drug-likeness (QED) is 0.568. The van der Waals surface area contributed by atoms with Gasteiger partial charge in [0.1, 0.15) is 11.9 Å². The van der Waals surface area contributed by atoms with Crippen LogP contribution in [-0.4, -0.2) is 34.9 Å². The smallest absolute Gasteiger partial charge is 0.377 e. The van der Waals surface area contributed by atoms with E-state index in [1.54, 1.807) is 0 Å². The van der Waals surface area contributed by atoms with Crippen LogP contribution in [0.5, 0.6) is 0 Å². The number of hydrogen-bond donors (Lipinski definition) is 3. The summed E-state index contributed by atoms with van der Waals surface area (Å²) in [5.41, 5.74) is 0.601. The van der Waals surface area contributed by atoms with Crippen LogP contribution in [0.15, 0.2) is 24.3 Å². The Labute approximate surface area is 119 Å². The molecular weight excluding hydrogens is 321 g/mol. The van der Waals surface area contributed by atoms with E-state index >= 15 is 0 Å². The molecule has 1 unspecified atom stereocenters. The first-order valence-corrected chi connectivity index (χ1v) is 8.55. The van der Waals surface area contributed by atoms with Gasteiger partial charge in [-0.2, -0.15) is 0 Å². The molecule has 0 heterocycles. The van der Waals surface area contributed by atoms with Gasteiger partial charge in [0.05, 0.1) is 19.8 Å². The summed E-state index contributed by atoms with van der Waals surface area (Å²) >= 11 is 8.81. The lowest BCUT2D eigenvalue weighted by Gasteiger charge is -2.10. The zero-order valence-corrected chi connectivity index (χ0v) is 12.2. The zero-order valence-electron chi connectivity index (χ0n) is 9.75. The van der Waals surface area contributed by atoms with E-state index in [0.717, 1.165) is 0 Å². The summed E-state index contributed by atoms with van der Waals surface area (Å²) < 4.78 is 26.7. The Morgan fingerprint density at radius 1 is 1.32 bits per heavy atom. The van der Waals surface area contributed by atoms with Crippen molar-refractivity contribution >= 4 is 28.6 Å². The van der Waals surface area contributed by atoms with Gasteiger partial charge in [-0.15, -0.1) is 0 Å². The summed E-state index contributed by atoms with van der Waals surface area (Å²) in [5.74, 6) is -0.336. The van der Waals surface area contributed by atoms with Crippen LogP contribution in [0.1, 0.15) is 11.7 Å². The van der Waals surface area contributed by atoms with Crippen LogP contribution in [0, 0.1) is 5.82 Å². The fourth-order valence-electron chi connectivity index (χ4n) is 1.04. The maximum atomic E-state index is 12.5. The largest absolute Gasteiger partial charge is 0.394 e. The molecule has 0 aliphatic heterocycles. The van der Waals surface area contributed by atoms with Crippen LogP contribution < -0.4 is 0 Å². The Morgan fingerprint density at radius 3 is 2.21 bits per heavy atom. The van der Waals surface area contributed by atoms with Crippen LogP contribution >= 0.6 is 28.6 Å². The number of aliphatic hydroxyl groups excluding tert-OH is 2. The summed E-state index contributed by atoms with van der Waals surface area (Å²) in [6, 6.07) is 5.57. The highest BCUT2D eigenvalue weighted by Gasteiger charge is 2.06. The average molecular weight is 335 g/mol. The number of benzene rings is 1. The molecule has 19 heavy (non-hydrogen) atoms. The van der Waals surface area contributed by atoms with Gasteiger partial charge in [0.25, 0.3) is 0 Å². The van der Waals surface area contributed by atoms with Crippen LogP contribution in [0.2, 0.25) is 0 Å². The molecule has 0 fully saturated rings. The van der Waals surface area contributed by atoms with Gasteiger partial charge in [-0.25, -0.2) is 4.39 Å². The monoisotopic (exact) mass is 334 g/mol. The van der Waals surface area contributed by atoms with Crippen molar-refractivity contribution in [3.63, 3.8) is 0 Å². The second-order valence-electron chi connectivity index (χ2n) is 3.30. The second kappa shape index (κ2) is 9.66. The van der Waals surface area contributed by atoms with E-state index in [1.807, 2.05) is 0 Å². The summed E-state index contributed by atoms with van der Waals surface area (Å²) in [5, 5.41) is 17.9. The minimum Gasteiger partial charge on any atom is -0.394 e. The van der Waals surface area contributed by atoms with Gasteiger partial charge in [-0.3, -0.25) is 4.57 Å². The molecule has 0 aromatic heterocycles. The molecule has 110 valence electrons. The molecule has 1 rings (SSSR count). The highest BCUT2D eigenvalue weighted by molar-refractivity contribution is 8.04. The van der Waals surface area contributed by atoms with Gasteiger partial charge in [-0.05, 0) is 40.2 Å². The lowest BCUT2D eigenvalue weighted by molar-refractivity contribution is 0.0206. The predicted molar refractivity (Wildman–Crippen MR) is 70.8 cm³/mol. The van der Waals surface area contributed by atoms with Gasteiger partial charge in [0, 0.05) is 0 Å². The molecule has 0 saturated heterocycles. The predicted octanol–water partition coefficient (Wildman–Crippen LogP) is 2.43. The molecule has 9 heteroatoms. The van der Waals surface area contributed by atoms with Gasteiger partial charge >= 0.3 is 6.07 Å². The fourth-order valence-corrected chi connectivity index (χ4v) is 1.04. The molecule has 0 bridgehead atoms. The normalized spacial score (nSPS) is 12.5. The maximum Gasteiger partial charge on any atom is 0.377 e. The Kier molecular flexibility index (Phi) is 9.56. The third kappa shape index (κ3) is 12.6. The molecule has 0 amide bonds. The van der Waals surface area contributed by atoms with E-state index in [4.69, 9.17) is 14.7 Å². The third-order valence-corrected chi connectivity index (χ3v) is 1.77. The molecule has 0 aliphatic carbocycles. The lowest BCUT2D eigenvalue weighted by atomic mass is 10.1. The van der Waals surface area contributed by atoms with E-state index in [1.165, 1.54) is 24.3 Å². The number of halogens is 3. The molecule has 5 nitrogen and oxygen atoms in total. The second-order valence-corrected chi connectivity index (χ2v) is 7.44. The van der Waals surface area contributed by atoms with E-state index in [2.05, 4.69) is 22.5 Å². The van der Waals surface area contributed by atoms with Crippen LogP contribution in [0.4, 0.5) is 4.39 Å². The third-order valence-electron chi connectivity index (χ3n) is 1.77. The highest BCUT2D eigenvalue weighted by atomic mass is 35.9. The van der Waals surface area contributed by atoms with E-state index in [0.29, 0.717) is 5.56 Å². The summed E-state index contributed by atoms with van der Waals surface area (Å²) in [7, 11) is 0. The van der Waals surface area contributed by atoms with Crippen LogP contribution in [0.3, 0.4) is 0 Å². The van der Waals surface area contributed by atoms with E-state index in [9.17, 15) is 14.1 Å². The lowest BCUT2D eigenvalue weighted by Crippen LogP contribution is -2.09. The first kappa shape index (κ1) is 18.8. The SMILES string of the molecule is O=P(O)(Cl)Cl.OCCOCC(O)c1ccc(F)cc1. The summed E-state index contributed by atoms with van der Waals surface area (Å²) in [4.78, 5) is 7.61. The van der Waals surface area contributed by atoms with Crippen molar-refractivity contribution in [3.05, 3.63) is 35.6 Å². The molecule has 0 radical (unpaired) electrons. The molecule has 1 atom stereocenters. The van der Waals surface area contributed by atoms with Gasteiger partial charge < -0.3 is 19.8 Å². The van der Waals surface area contributed by atoms with Gasteiger partial charge in [-0.1, -0.05) is 12.1 Å². The first-order chi connectivity index (χ1) is 8.74.